The lowest BCUT2D eigenvalue weighted by Gasteiger charge is -1.72. The Balaban J connectivity index is -0.0000000600. The van der Waals surface area contributed by atoms with Crippen molar-refractivity contribution < 1.29 is 0 Å². The Labute approximate surface area is 139 Å². The first-order valence-corrected chi connectivity index (χ1v) is 7.55. The van der Waals surface area contributed by atoms with E-state index >= 15 is 0 Å². The van der Waals surface area contributed by atoms with Crippen LogP contribution in [0.25, 0.3) is 0 Å². The van der Waals surface area contributed by atoms with E-state index in [1.165, 1.54) is 0 Å². The third-order valence-corrected chi connectivity index (χ3v) is 0. The quantitative estimate of drug-likeness (QED) is 0.379. The molecule has 0 amide bonds. The topological polar surface area (TPSA) is 0 Å². The maximum atomic E-state index is 5.04. The number of hydrogen-bond donors (Lipinski definition) is 0. The summed E-state index contributed by atoms with van der Waals surface area (Å²) in [4.78, 5) is -0.889. The van der Waals surface area contributed by atoms with Crippen LogP contribution in [0.1, 0.15) is 27.7 Å². The molecule has 0 heterocycles. The van der Waals surface area contributed by atoms with Gasteiger partial charge in [-0.1, -0.05) is 0 Å². The molecular weight excluding hydrogens is 380 g/mol. The van der Waals surface area contributed by atoms with Crippen molar-refractivity contribution in [2.45, 2.75) is 47.0 Å². The van der Waals surface area contributed by atoms with E-state index in [9.17, 15) is 0 Å². The van der Waals surface area contributed by atoms with E-state index in [1.54, 1.807) is 27.7 Å². The molecule has 0 aromatic carbocycles. The van der Waals surface area contributed by atoms with Crippen molar-refractivity contribution in [3.8, 4) is 0 Å². The highest BCUT2D eigenvalue weighted by molar-refractivity contribution is 6.44. The van der Waals surface area contributed by atoms with Crippen LogP contribution in [0.4, 0.5) is 0 Å². The predicted molar refractivity (Wildman–Crippen MR) is 84.7 cm³/mol. The number of halogens is 8. The summed E-state index contributed by atoms with van der Waals surface area (Å²) in [5.41, 5.74) is 0. The second-order valence-corrected chi connectivity index (χ2v) is 8.21. The van der Waals surface area contributed by atoms with Gasteiger partial charge >= 0.3 is 0 Å². The molecule has 0 unspecified atom stereocenters. The first kappa shape index (κ1) is 26.8. The summed E-state index contributed by atoms with van der Waals surface area (Å²) in [6, 6.07) is 0. The van der Waals surface area contributed by atoms with Crippen molar-refractivity contribution in [1.82, 2.24) is 0 Å². The molecule has 0 aliphatic rings. The van der Waals surface area contributed by atoms with Crippen LogP contribution in [0, 0.1) is 0 Å². The van der Waals surface area contributed by atoms with Crippen molar-refractivity contribution in [3.63, 3.8) is 0 Å². The third kappa shape index (κ3) is 712. The van der Waals surface area contributed by atoms with Gasteiger partial charge < -0.3 is 0 Å². The zero-order valence-electron chi connectivity index (χ0n) is 9.33. The first-order chi connectivity index (χ1) is 6.93. The maximum absolute atomic E-state index is 5.04. The molecule has 0 atom stereocenters. The monoisotopic (exact) mass is 392 g/mol. The van der Waals surface area contributed by atoms with Gasteiger partial charge in [-0.25, -0.2) is 0 Å². The van der Waals surface area contributed by atoms with Gasteiger partial charge in [-0.05, 0) is 27.7 Å². The molecule has 16 heavy (non-hydrogen) atoms. The minimum Gasteiger partial charge on any atom is -0.106 e. The van der Waals surface area contributed by atoms with E-state index in [0.717, 1.165) is 0 Å². The molecule has 0 radical (unpaired) electrons. The standard InChI is InChI=1S/4C2H4Cl2/c4*1-2(3)4/h4*2H,1H3. The van der Waals surface area contributed by atoms with Crippen LogP contribution in [0.3, 0.4) is 0 Å². The van der Waals surface area contributed by atoms with Crippen LogP contribution in [0.2, 0.25) is 0 Å². The van der Waals surface area contributed by atoms with E-state index in [2.05, 4.69) is 0 Å². The van der Waals surface area contributed by atoms with Gasteiger partial charge in [0.1, 0.15) is 19.3 Å². The number of alkyl halides is 8. The lowest BCUT2D eigenvalue weighted by atomic mass is 11.0. The molecule has 0 bridgehead atoms. The van der Waals surface area contributed by atoms with Gasteiger partial charge in [0.2, 0.25) is 0 Å². The highest BCUT2D eigenvalue weighted by Crippen LogP contribution is 1.96. The summed E-state index contributed by atoms with van der Waals surface area (Å²) in [5.74, 6) is 0. The second-order valence-electron chi connectivity index (χ2n) is 2.08. The molecule has 0 aliphatic carbocycles. The molecule has 8 heteroatoms. The number of rotatable bonds is 0. The molecule has 0 fully saturated rings. The highest BCUT2D eigenvalue weighted by atomic mass is 35.5. The summed E-state index contributed by atoms with van der Waals surface area (Å²) >= 11 is 40.3. The highest BCUT2D eigenvalue weighted by Gasteiger charge is 1.76. The normalized spacial score (nSPS) is 9.00. The van der Waals surface area contributed by atoms with Crippen molar-refractivity contribution >= 4 is 92.8 Å². The lowest BCUT2D eigenvalue weighted by Crippen LogP contribution is -1.63. The Kier molecular flexibility index (Phi) is 37.7. The third-order valence-electron chi connectivity index (χ3n) is 0. The van der Waals surface area contributed by atoms with E-state index in [0.29, 0.717) is 0 Å². The Bertz CT molecular complexity index is 59.0. The van der Waals surface area contributed by atoms with Crippen LogP contribution in [-0.2, 0) is 0 Å². The summed E-state index contributed by atoms with van der Waals surface area (Å²) in [6.45, 7) is 6.79. The van der Waals surface area contributed by atoms with Gasteiger partial charge in [-0.2, -0.15) is 0 Å². The summed E-state index contributed by atoms with van der Waals surface area (Å²) in [5, 5.41) is 0. The molecular formula is C8H16Cl8. The Hall–Kier alpha value is 2.32. The molecule has 0 aliphatic heterocycles. The van der Waals surface area contributed by atoms with Crippen LogP contribution >= 0.6 is 92.8 Å². The summed E-state index contributed by atoms with van der Waals surface area (Å²) < 4.78 is 0. The van der Waals surface area contributed by atoms with Gasteiger partial charge in [0, 0.05) is 0 Å². The minimum absolute atomic E-state index is 0.222. The Morgan fingerprint density at radius 1 is 0.375 bits per heavy atom. The summed E-state index contributed by atoms with van der Waals surface area (Å²) in [6.07, 6.45) is 0. The summed E-state index contributed by atoms with van der Waals surface area (Å²) in [7, 11) is 0. The maximum Gasteiger partial charge on any atom is 0.105 e. The van der Waals surface area contributed by atoms with Gasteiger partial charge in [0.05, 0.1) is 0 Å². The van der Waals surface area contributed by atoms with Crippen molar-refractivity contribution in [2.75, 3.05) is 0 Å². The van der Waals surface area contributed by atoms with Crippen molar-refractivity contribution in [1.29, 1.82) is 0 Å². The van der Waals surface area contributed by atoms with Crippen molar-refractivity contribution in [3.05, 3.63) is 0 Å². The average Bonchev–Trinajstić information content (AvgIpc) is 1.76. The zero-order chi connectivity index (χ0) is 14.3. The van der Waals surface area contributed by atoms with E-state index in [1.807, 2.05) is 0 Å². The molecule has 0 rings (SSSR count). The molecule has 0 nitrogen and oxygen atoms in total. The fourth-order valence-corrected chi connectivity index (χ4v) is 0. The smallest absolute Gasteiger partial charge is 0.105 e. The van der Waals surface area contributed by atoms with Gasteiger partial charge in [-0.15, -0.1) is 92.8 Å². The second kappa shape index (κ2) is 22.5. The zero-order valence-corrected chi connectivity index (χ0v) is 15.4. The van der Waals surface area contributed by atoms with Crippen LogP contribution < -0.4 is 0 Å². The largest absolute Gasteiger partial charge is 0.106 e. The fraction of sp³-hybridized carbons (Fsp3) is 1.00. The van der Waals surface area contributed by atoms with Crippen molar-refractivity contribution in [2.24, 2.45) is 0 Å². The van der Waals surface area contributed by atoms with Gasteiger partial charge in [0.15, 0.2) is 0 Å². The van der Waals surface area contributed by atoms with Gasteiger partial charge in [-0.3, -0.25) is 0 Å². The predicted octanol–water partition coefficient (Wildman–Crippen LogP) is 7.24. The molecule has 0 saturated carbocycles. The molecule has 104 valence electrons. The lowest BCUT2D eigenvalue weighted by molar-refractivity contribution is 1.39. The molecule has 0 spiro atoms. The SMILES string of the molecule is CC(Cl)Cl.CC(Cl)Cl.CC(Cl)Cl.CC(Cl)Cl. The van der Waals surface area contributed by atoms with Crippen LogP contribution in [-0.4, -0.2) is 19.3 Å². The fourth-order valence-electron chi connectivity index (χ4n) is 0. The first-order valence-electron chi connectivity index (χ1n) is 4.06. The van der Waals surface area contributed by atoms with E-state index in [-0.39, 0.29) is 19.3 Å². The molecule has 0 N–H and O–H groups in total. The molecule has 0 saturated heterocycles. The van der Waals surface area contributed by atoms with E-state index < -0.39 is 0 Å². The number of hydrogen-bond acceptors (Lipinski definition) is 0. The van der Waals surface area contributed by atoms with Gasteiger partial charge in [0.25, 0.3) is 0 Å². The average molecular weight is 396 g/mol. The molecule has 0 aromatic heterocycles. The Morgan fingerprint density at radius 2 is 0.375 bits per heavy atom. The molecule has 0 aromatic rings. The Morgan fingerprint density at radius 3 is 0.375 bits per heavy atom. The van der Waals surface area contributed by atoms with E-state index in [4.69, 9.17) is 92.8 Å². The van der Waals surface area contributed by atoms with Crippen LogP contribution in [0.15, 0.2) is 0 Å². The van der Waals surface area contributed by atoms with Crippen LogP contribution in [0.5, 0.6) is 0 Å². The minimum atomic E-state index is -0.222.